The molecule has 0 fully saturated rings. The van der Waals surface area contributed by atoms with Crippen LogP contribution >= 0.6 is 11.6 Å². The van der Waals surface area contributed by atoms with E-state index in [2.05, 4.69) is 5.32 Å². The number of carbonyl (C=O) groups excluding carboxylic acids is 3. The van der Waals surface area contributed by atoms with Crippen LogP contribution in [-0.4, -0.2) is 24.4 Å². The molecule has 0 saturated heterocycles. The standard InChI is InChI=1S/C23H20ClNO7/c1-2-6-18(26)32-21-16-11-15(24)9-10-17(16)31-23(29)20(21)22(28)25-12-19(27)30-13-14-7-4-3-5-8-14/h3-5,7-11H,2,6,12-13H2,1H3,(H,25,28). The third kappa shape index (κ3) is 5.73. The Morgan fingerprint density at radius 2 is 1.81 bits per heavy atom. The molecule has 0 aliphatic rings. The zero-order valence-electron chi connectivity index (χ0n) is 17.2. The number of halogens is 1. The largest absolute Gasteiger partial charge is 0.460 e. The van der Waals surface area contributed by atoms with Crippen LogP contribution in [0.4, 0.5) is 0 Å². The molecule has 0 spiro atoms. The van der Waals surface area contributed by atoms with Gasteiger partial charge in [-0.25, -0.2) is 4.79 Å². The van der Waals surface area contributed by atoms with E-state index >= 15 is 0 Å². The molecule has 3 aromatic rings. The Balaban J connectivity index is 1.81. The van der Waals surface area contributed by atoms with Crippen molar-refractivity contribution in [1.82, 2.24) is 5.32 Å². The molecule has 3 rings (SSSR count). The maximum absolute atomic E-state index is 12.7. The van der Waals surface area contributed by atoms with Gasteiger partial charge in [0, 0.05) is 11.4 Å². The summed E-state index contributed by atoms with van der Waals surface area (Å²) in [5.41, 5.74) is -0.684. The number of fused-ring (bicyclic) bond motifs is 1. The molecule has 1 heterocycles. The first-order chi connectivity index (χ1) is 15.4. The van der Waals surface area contributed by atoms with E-state index in [0.29, 0.717) is 6.42 Å². The minimum Gasteiger partial charge on any atom is -0.460 e. The van der Waals surface area contributed by atoms with Crippen molar-refractivity contribution in [2.75, 3.05) is 6.54 Å². The lowest BCUT2D eigenvalue weighted by Crippen LogP contribution is -2.34. The highest BCUT2D eigenvalue weighted by atomic mass is 35.5. The van der Waals surface area contributed by atoms with Crippen LogP contribution < -0.4 is 15.7 Å². The van der Waals surface area contributed by atoms with E-state index < -0.39 is 35.6 Å². The fraction of sp³-hybridized carbons (Fsp3) is 0.217. The summed E-state index contributed by atoms with van der Waals surface area (Å²) in [6.07, 6.45) is 0.586. The molecule has 0 aliphatic carbocycles. The molecule has 1 amide bonds. The molecule has 166 valence electrons. The molecule has 0 saturated carbocycles. The third-order valence-corrected chi connectivity index (χ3v) is 4.59. The average molecular weight is 458 g/mol. The van der Waals surface area contributed by atoms with Crippen LogP contribution in [0.2, 0.25) is 5.02 Å². The molecule has 0 unspecified atom stereocenters. The highest BCUT2D eigenvalue weighted by Crippen LogP contribution is 2.30. The molecular formula is C23H20ClNO7. The van der Waals surface area contributed by atoms with Gasteiger partial charge < -0.3 is 19.2 Å². The van der Waals surface area contributed by atoms with Crippen molar-refractivity contribution >= 4 is 40.4 Å². The quantitative estimate of drug-likeness (QED) is 0.406. The third-order valence-electron chi connectivity index (χ3n) is 4.35. The van der Waals surface area contributed by atoms with Crippen LogP contribution in [-0.2, 0) is 20.9 Å². The van der Waals surface area contributed by atoms with E-state index in [-0.39, 0.29) is 34.8 Å². The highest BCUT2D eigenvalue weighted by molar-refractivity contribution is 6.31. The molecule has 1 aromatic heterocycles. The van der Waals surface area contributed by atoms with Gasteiger partial charge in [0.15, 0.2) is 11.3 Å². The average Bonchev–Trinajstić information content (AvgIpc) is 2.77. The first-order valence-corrected chi connectivity index (χ1v) is 10.2. The van der Waals surface area contributed by atoms with Crippen LogP contribution in [0.1, 0.15) is 35.7 Å². The summed E-state index contributed by atoms with van der Waals surface area (Å²) in [6.45, 7) is 1.32. The molecule has 0 aliphatic heterocycles. The Morgan fingerprint density at radius 3 is 2.53 bits per heavy atom. The van der Waals surface area contributed by atoms with Gasteiger partial charge in [-0.05, 0) is 30.2 Å². The zero-order valence-corrected chi connectivity index (χ0v) is 17.9. The van der Waals surface area contributed by atoms with Crippen molar-refractivity contribution in [1.29, 1.82) is 0 Å². The molecule has 2 aromatic carbocycles. The van der Waals surface area contributed by atoms with Gasteiger partial charge in [0.05, 0.1) is 5.39 Å². The van der Waals surface area contributed by atoms with E-state index in [9.17, 15) is 19.2 Å². The van der Waals surface area contributed by atoms with Crippen LogP contribution in [0.3, 0.4) is 0 Å². The zero-order chi connectivity index (χ0) is 23.1. The first kappa shape index (κ1) is 23.0. The number of amides is 1. The monoisotopic (exact) mass is 457 g/mol. The van der Waals surface area contributed by atoms with Crippen molar-refractivity contribution in [3.8, 4) is 5.75 Å². The van der Waals surface area contributed by atoms with Gasteiger partial charge in [0.1, 0.15) is 18.7 Å². The van der Waals surface area contributed by atoms with Crippen LogP contribution in [0, 0.1) is 0 Å². The maximum atomic E-state index is 12.7. The van der Waals surface area contributed by atoms with Gasteiger partial charge in [-0.15, -0.1) is 0 Å². The SMILES string of the molecule is CCCC(=O)Oc1c(C(=O)NCC(=O)OCc2ccccc2)c(=O)oc2ccc(Cl)cc12. The minimum absolute atomic E-state index is 0.0338. The molecule has 32 heavy (non-hydrogen) atoms. The van der Waals surface area contributed by atoms with Crippen molar-refractivity contribution < 1.29 is 28.3 Å². The summed E-state index contributed by atoms with van der Waals surface area (Å²) in [5.74, 6) is -2.56. The van der Waals surface area contributed by atoms with Crippen molar-refractivity contribution in [2.45, 2.75) is 26.4 Å². The predicted octanol–water partition coefficient (Wildman–Crippen LogP) is 3.63. The number of rotatable bonds is 8. The Morgan fingerprint density at radius 1 is 1.06 bits per heavy atom. The summed E-state index contributed by atoms with van der Waals surface area (Å²) in [5, 5.41) is 2.77. The molecule has 0 bridgehead atoms. The van der Waals surface area contributed by atoms with Crippen LogP contribution in [0.15, 0.2) is 57.7 Å². The molecule has 1 N–H and O–H groups in total. The number of hydrogen-bond acceptors (Lipinski definition) is 7. The molecule has 0 atom stereocenters. The summed E-state index contributed by atoms with van der Waals surface area (Å²) >= 11 is 6.03. The van der Waals surface area contributed by atoms with E-state index in [1.165, 1.54) is 18.2 Å². The lowest BCUT2D eigenvalue weighted by Gasteiger charge is -2.12. The van der Waals surface area contributed by atoms with Crippen molar-refractivity contribution in [2.24, 2.45) is 0 Å². The normalized spacial score (nSPS) is 10.6. The maximum Gasteiger partial charge on any atom is 0.353 e. The fourth-order valence-corrected chi connectivity index (χ4v) is 3.02. The minimum atomic E-state index is -1.02. The topological polar surface area (TPSA) is 112 Å². The van der Waals surface area contributed by atoms with E-state index in [1.807, 2.05) is 6.07 Å². The summed E-state index contributed by atoms with van der Waals surface area (Å²) in [6, 6.07) is 13.3. The van der Waals surface area contributed by atoms with Gasteiger partial charge >= 0.3 is 17.6 Å². The first-order valence-electron chi connectivity index (χ1n) is 9.83. The Kier molecular flexibility index (Phi) is 7.62. The van der Waals surface area contributed by atoms with Crippen LogP contribution in [0.25, 0.3) is 11.0 Å². The summed E-state index contributed by atoms with van der Waals surface area (Å²) in [7, 11) is 0. The lowest BCUT2D eigenvalue weighted by atomic mass is 10.1. The molecule has 8 nitrogen and oxygen atoms in total. The number of hydrogen-bond donors (Lipinski definition) is 1. The Labute approximate surface area is 188 Å². The highest BCUT2D eigenvalue weighted by Gasteiger charge is 2.25. The number of esters is 2. The van der Waals surface area contributed by atoms with Crippen molar-refractivity contribution in [3.63, 3.8) is 0 Å². The molecular weight excluding hydrogens is 438 g/mol. The lowest BCUT2D eigenvalue weighted by molar-refractivity contribution is -0.143. The predicted molar refractivity (Wildman–Crippen MR) is 117 cm³/mol. The fourth-order valence-electron chi connectivity index (χ4n) is 2.85. The van der Waals surface area contributed by atoms with E-state index in [4.69, 9.17) is 25.5 Å². The van der Waals surface area contributed by atoms with Gasteiger partial charge in [0.25, 0.3) is 5.91 Å². The number of carbonyl (C=O) groups is 3. The van der Waals surface area contributed by atoms with Crippen LogP contribution in [0.5, 0.6) is 5.75 Å². The van der Waals surface area contributed by atoms with Gasteiger partial charge in [-0.1, -0.05) is 48.9 Å². The smallest absolute Gasteiger partial charge is 0.353 e. The van der Waals surface area contributed by atoms with Gasteiger partial charge in [-0.2, -0.15) is 0 Å². The van der Waals surface area contributed by atoms with Crippen molar-refractivity contribution in [3.05, 3.63) is 75.1 Å². The van der Waals surface area contributed by atoms with E-state index in [1.54, 1.807) is 31.2 Å². The van der Waals surface area contributed by atoms with E-state index in [0.717, 1.165) is 5.56 Å². The second kappa shape index (κ2) is 10.6. The summed E-state index contributed by atoms with van der Waals surface area (Å²) in [4.78, 5) is 49.4. The number of ether oxygens (including phenoxy) is 2. The Bertz CT molecular complexity index is 1200. The number of nitrogens with one attached hydrogen (secondary N) is 1. The second-order valence-corrected chi connectivity index (χ2v) is 7.22. The molecule has 9 heteroatoms. The second-order valence-electron chi connectivity index (χ2n) is 6.79. The summed E-state index contributed by atoms with van der Waals surface area (Å²) < 4.78 is 15.6. The number of benzene rings is 2. The Hall–Kier alpha value is -3.65. The molecule has 0 radical (unpaired) electrons. The van der Waals surface area contributed by atoms with Gasteiger partial charge in [0.2, 0.25) is 0 Å². The van der Waals surface area contributed by atoms with Gasteiger partial charge in [-0.3, -0.25) is 14.4 Å².